The van der Waals surface area contributed by atoms with E-state index in [9.17, 15) is 0 Å². The second-order valence-electron chi connectivity index (χ2n) is 6.82. The number of nitrogens with one attached hydrogen (secondary N) is 1. The SMILES string of the molecule is CN=C(NCC(C)CN1CCCC1)N(C)Cc1ccccc1C. The van der Waals surface area contributed by atoms with Crippen molar-refractivity contribution in [2.75, 3.05) is 40.3 Å². The van der Waals surface area contributed by atoms with Crippen LogP contribution >= 0.6 is 0 Å². The average molecular weight is 316 g/mol. The van der Waals surface area contributed by atoms with Gasteiger partial charge in [-0.3, -0.25) is 4.99 Å². The van der Waals surface area contributed by atoms with Gasteiger partial charge in [0.25, 0.3) is 0 Å². The highest BCUT2D eigenvalue weighted by atomic mass is 15.3. The summed E-state index contributed by atoms with van der Waals surface area (Å²) in [5.41, 5.74) is 2.68. The van der Waals surface area contributed by atoms with Gasteiger partial charge < -0.3 is 15.1 Å². The van der Waals surface area contributed by atoms with Crippen molar-refractivity contribution in [1.29, 1.82) is 0 Å². The number of rotatable bonds is 6. The van der Waals surface area contributed by atoms with Crippen LogP contribution in [0.2, 0.25) is 0 Å². The molecule has 1 aromatic carbocycles. The summed E-state index contributed by atoms with van der Waals surface area (Å²) in [4.78, 5) is 9.21. The topological polar surface area (TPSA) is 30.9 Å². The predicted molar refractivity (Wildman–Crippen MR) is 98.8 cm³/mol. The van der Waals surface area contributed by atoms with Crippen LogP contribution in [0.25, 0.3) is 0 Å². The minimum atomic E-state index is 0.636. The van der Waals surface area contributed by atoms with Gasteiger partial charge in [-0.2, -0.15) is 0 Å². The lowest BCUT2D eigenvalue weighted by molar-refractivity contribution is 0.286. The number of likely N-dealkylation sites (tertiary alicyclic amines) is 1. The van der Waals surface area contributed by atoms with E-state index in [0.29, 0.717) is 5.92 Å². The summed E-state index contributed by atoms with van der Waals surface area (Å²) in [6.45, 7) is 10.1. The summed E-state index contributed by atoms with van der Waals surface area (Å²) >= 11 is 0. The van der Waals surface area contributed by atoms with Crippen molar-refractivity contribution in [1.82, 2.24) is 15.1 Å². The van der Waals surface area contributed by atoms with E-state index in [1.165, 1.54) is 43.6 Å². The zero-order valence-electron chi connectivity index (χ0n) is 15.2. The zero-order valence-corrected chi connectivity index (χ0v) is 15.2. The van der Waals surface area contributed by atoms with Crippen LogP contribution in [0.3, 0.4) is 0 Å². The zero-order chi connectivity index (χ0) is 16.7. The molecule has 0 aromatic heterocycles. The van der Waals surface area contributed by atoms with Crippen molar-refractivity contribution >= 4 is 5.96 Å². The Balaban J connectivity index is 1.80. The van der Waals surface area contributed by atoms with E-state index in [1.54, 1.807) is 0 Å². The van der Waals surface area contributed by atoms with Crippen molar-refractivity contribution in [3.63, 3.8) is 0 Å². The van der Waals surface area contributed by atoms with E-state index in [1.807, 2.05) is 7.05 Å². The third kappa shape index (κ3) is 5.54. The van der Waals surface area contributed by atoms with E-state index in [0.717, 1.165) is 19.0 Å². The van der Waals surface area contributed by atoms with Gasteiger partial charge in [-0.1, -0.05) is 31.2 Å². The normalized spacial score (nSPS) is 17.3. The summed E-state index contributed by atoms with van der Waals surface area (Å²) in [7, 11) is 3.97. The standard InChI is InChI=1S/C19H32N4/c1-16(14-23-11-7-8-12-23)13-21-19(20-3)22(4)15-18-10-6-5-9-17(18)2/h5-6,9-10,16H,7-8,11-15H2,1-4H3,(H,20,21). The Morgan fingerprint density at radius 1 is 1.30 bits per heavy atom. The van der Waals surface area contributed by atoms with Gasteiger partial charge in [0.1, 0.15) is 0 Å². The molecule has 1 aliphatic heterocycles. The van der Waals surface area contributed by atoms with E-state index in [2.05, 4.69) is 65.3 Å². The Morgan fingerprint density at radius 3 is 2.65 bits per heavy atom. The van der Waals surface area contributed by atoms with Crippen LogP contribution in [0.5, 0.6) is 0 Å². The number of hydrogen-bond donors (Lipinski definition) is 1. The molecule has 1 saturated heterocycles. The van der Waals surface area contributed by atoms with Gasteiger partial charge in [0.2, 0.25) is 0 Å². The first-order valence-corrected chi connectivity index (χ1v) is 8.78. The van der Waals surface area contributed by atoms with Crippen LogP contribution in [-0.4, -0.2) is 56.0 Å². The number of benzene rings is 1. The van der Waals surface area contributed by atoms with Crippen LogP contribution in [0.15, 0.2) is 29.3 Å². The lowest BCUT2D eigenvalue weighted by Gasteiger charge is -2.25. The molecule has 0 radical (unpaired) electrons. The Labute approximate surface area is 141 Å². The maximum atomic E-state index is 4.44. The predicted octanol–water partition coefficient (Wildman–Crippen LogP) is 2.73. The van der Waals surface area contributed by atoms with Crippen LogP contribution in [0.4, 0.5) is 0 Å². The van der Waals surface area contributed by atoms with Crippen LogP contribution < -0.4 is 5.32 Å². The molecule has 2 rings (SSSR count). The number of nitrogens with zero attached hydrogens (tertiary/aromatic N) is 3. The molecule has 1 heterocycles. The summed E-state index contributed by atoms with van der Waals surface area (Å²) in [5, 5.41) is 3.53. The van der Waals surface area contributed by atoms with Crippen LogP contribution in [0, 0.1) is 12.8 Å². The van der Waals surface area contributed by atoms with E-state index >= 15 is 0 Å². The quantitative estimate of drug-likeness (QED) is 0.647. The molecule has 0 amide bonds. The number of guanidine groups is 1. The monoisotopic (exact) mass is 316 g/mol. The minimum Gasteiger partial charge on any atom is -0.356 e. The first kappa shape index (κ1) is 17.8. The molecule has 0 aliphatic carbocycles. The smallest absolute Gasteiger partial charge is 0.193 e. The molecule has 4 nitrogen and oxygen atoms in total. The van der Waals surface area contributed by atoms with E-state index < -0.39 is 0 Å². The summed E-state index contributed by atoms with van der Waals surface area (Å²) in [6, 6.07) is 8.54. The fraction of sp³-hybridized carbons (Fsp3) is 0.632. The third-order valence-corrected chi connectivity index (χ3v) is 4.62. The highest BCUT2D eigenvalue weighted by Gasteiger charge is 2.15. The second kappa shape index (κ2) is 8.92. The van der Waals surface area contributed by atoms with Crippen LogP contribution in [-0.2, 0) is 6.54 Å². The Hall–Kier alpha value is -1.55. The molecule has 0 saturated carbocycles. The van der Waals surface area contributed by atoms with Gasteiger partial charge in [-0.25, -0.2) is 0 Å². The van der Waals surface area contributed by atoms with E-state index in [-0.39, 0.29) is 0 Å². The highest BCUT2D eigenvalue weighted by molar-refractivity contribution is 5.79. The van der Waals surface area contributed by atoms with Gasteiger partial charge in [0.05, 0.1) is 0 Å². The lowest BCUT2D eigenvalue weighted by atomic mass is 10.1. The number of aliphatic imine (C=N–C) groups is 1. The Kier molecular flexibility index (Phi) is 6.90. The molecule has 1 aromatic rings. The van der Waals surface area contributed by atoms with Crippen LogP contribution in [0.1, 0.15) is 30.9 Å². The molecule has 1 atom stereocenters. The molecule has 0 bridgehead atoms. The van der Waals surface area contributed by atoms with E-state index in [4.69, 9.17) is 0 Å². The molecule has 128 valence electrons. The molecule has 4 heteroatoms. The van der Waals surface area contributed by atoms with Gasteiger partial charge in [0.15, 0.2) is 5.96 Å². The Bertz CT molecular complexity index is 506. The van der Waals surface area contributed by atoms with Crippen molar-refractivity contribution < 1.29 is 0 Å². The first-order valence-electron chi connectivity index (χ1n) is 8.78. The van der Waals surface area contributed by atoms with Crippen molar-refractivity contribution in [3.05, 3.63) is 35.4 Å². The highest BCUT2D eigenvalue weighted by Crippen LogP contribution is 2.11. The maximum Gasteiger partial charge on any atom is 0.193 e. The molecular weight excluding hydrogens is 284 g/mol. The molecular formula is C19H32N4. The largest absolute Gasteiger partial charge is 0.356 e. The van der Waals surface area contributed by atoms with Crippen molar-refractivity contribution in [2.45, 2.75) is 33.2 Å². The van der Waals surface area contributed by atoms with Crippen molar-refractivity contribution in [2.24, 2.45) is 10.9 Å². The fourth-order valence-electron chi connectivity index (χ4n) is 3.24. The lowest BCUT2D eigenvalue weighted by Crippen LogP contribution is -2.42. The Morgan fingerprint density at radius 2 is 2.00 bits per heavy atom. The number of hydrogen-bond acceptors (Lipinski definition) is 2. The molecule has 0 spiro atoms. The fourth-order valence-corrected chi connectivity index (χ4v) is 3.24. The molecule has 1 N–H and O–H groups in total. The molecule has 1 unspecified atom stereocenters. The van der Waals surface area contributed by atoms with Gasteiger partial charge in [-0.05, 0) is 49.9 Å². The minimum absolute atomic E-state index is 0.636. The van der Waals surface area contributed by atoms with Gasteiger partial charge >= 0.3 is 0 Å². The molecule has 1 fully saturated rings. The summed E-state index contributed by atoms with van der Waals surface area (Å²) in [5.74, 6) is 1.61. The molecule has 23 heavy (non-hydrogen) atoms. The van der Waals surface area contributed by atoms with Gasteiger partial charge in [0, 0.05) is 33.7 Å². The summed E-state index contributed by atoms with van der Waals surface area (Å²) < 4.78 is 0. The first-order chi connectivity index (χ1) is 11.1. The van der Waals surface area contributed by atoms with Crippen molar-refractivity contribution in [3.8, 4) is 0 Å². The third-order valence-electron chi connectivity index (χ3n) is 4.62. The average Bonchev–Trinajstić information content (AvgIpc) is 3.03. The second-order valence-corrected chi connectivity index (χ2v) is 6.82. The summed E-state index contributed by atoms with van der Waals surface area (Å²) in [6.07, 6.45) is 2.72. The molecule has 1 aliphatic rings. The maximum absolute atomic E-state index is 4.44. The number of aryl methyl sites for hydroxylation is 1. The van der Waals surface area contributed by atoms with Gasteiger partial charge in [-0.15, -0.1) is 0 Å².